The van der Waals surface area contributed by atoms with Gasteiger partial charge in [0.15, 0.2) is 0 Å². The van der Waals surface area contributed by atoms with Crippen molar-refractivity contribution < 1.29 is 17.9 Å². The van der Waals surface area contributed by atoms with Crippen molar-refractivity contribution in [1.82, 2.24) is 5.32 Å². The summed E-state index contributed by atoms with van der Waals surface area (Å²) in [5, 5.41) is 2.76. The SMILES string of the molecule is COCCCNC(=O)c1ccc(S(=O)(=O)Nc2cccc(C)c2C)cc1. The second-order valence-corrected chi connectivity index (χ2v) is 7.66. The van der Waals surface area contributed by atoms with E-state index in [0.717, 1.165) is 11.1 Å². The molecule has 0 fully saturated rings. The lowest BCUT2D eigenvalue weighted by Gasteiger charge is -2.12. The normalized spacial score (nSPS) is 11.2. The smallest absolute Gasteiger partial charge is 0.261 e. The highest BCUT2D eigenvalue weighted by molar-refractivity contribution is 7.92. The van der Waals surface area contributed by atoms with Crippen LogP contribution in [0.1, 0.15) is 27.9 Å². The number of methoxy groups -OCH3 is 1. The number of ether oxygens (including phenoxy) is 1. The van der Waals surface area contributed by atoms with Gasteiger partial charge in [-0.2, -0.15) is 0 Å². The monoisotopic (exact) mass is 376 g/mol. The lowest BCUT2D eigenvalue weighted by atomic mass is 10.1. The van der Waals surface area contributed by atoms with Gasteiger partial charge in [0.05, 0.1) is 10.6 Å². The molecule has 0 saturated heterocycles. The van der Waals surface area contributed by atoms with Crippen LogP contribution in [0.5, 0.6) is 0 Å². The van der Waals surface area contributed by atoms with Crippen LogP contribution >= 0.6 is 0 Å². The van der Waals surface area contributed by atoms with Crippen molar-refractivity contribution in [3.05, 3.63) is 59.2 Å². The summed E-state index contributed by atoms with van der Waals surface area (Å²) in [5.74, 6) is -0.243. The number of nitrogens with one attached hydrogen (secondary N) is 2. The third-order valence-electron chi connectivity index (χ3n) is 4.09. The summed E-state index contributed by atoms with van der Waals surface area (Å²) in [5.41, 5.74) is 2.84. The molecule has 2 aromatic carbocycles. The molecule has 0 unspecified atom stereocenters. The van der Waals surface area contributed by atoms with Gasteiger partial charge in [-0.3, -0.25) is 9.52 Å². The van der Waals surface area contributed by atoms with Crippen molar-refractivity contribution in [3.8, 4) is 0 Å². The van der Waals surface area contributed by atoms with Gasteiger partial charge in [0.1, 0.15) is 0 Å². The van der Waals surface area contributed by atoms with Gasteiger partial charge in [0, 0.05) is 25.8 Å². The third-order valence-corrected chi connectivity index (χ3v) is 5.47. The molecular weight excluding hydrogens is 352 g/mol. The summed E-state index contributed by atoms with van der Waals surface area (Å²) in [6.07, 6.45) is 0.717. The van der Waals surface area contributed by atoms with E-state index in [0.29, 0.717) is 30.8 Å². The van der Waals surface area contributed by atoms with Crippen LogP contribution in [-0.2, 0) is 14.8 Å². The van der Waals surface area contributed by atoms with Crippen LogP contribution in [0.2, 0.25) is 0 Å². The van der Waals surface area contributed by atoms with Crippen LogP contribution in [0.25, 0.3) is 0 Å². The van der Waals surface area contributed by atoms with E-state index >= 15 is 0 Å². The second kappa shape index (κ2) is 8.82. The van der Waals surface area contributed by atoms with Crippen molar-refractivity contribution in [3.63, 3.8) is 0 Å². The predicted octanol–water partition coefficient (Wildman–Crippen LogP) is 2.87. The van der Waals surface area contributed by atoms with E-state index in [9.17, 15) is 13.2 Å². The standard InChI is InChI=1S/C19H24N2O4S/c1-14-6-4-7-18(15(14)2)21-26(23,24)17-10-8-16(9-11-17)19(22)20-12-5-13-25-3/h4,6-11,21H,5,12-13H2,1-3H3,(H,20,22). The number of hydrogen-bond donors (Lipinski definition) is 2. The zero-order chi connectivity index (χ0) is 19.2. The molecule has 0 aromatic heterocycles. The Labute approximate surface area is 154 Å². The average Bonchev–Trinajstić information content (AvgIpc) is 2.62. The minimum Gasteiger partial charge on any atom is -0.385 e. The molecule has 0 aliphatic rings. The number of carbonyl (C=O) groups is 1. The quantitative estimate of drug-likeness (QED) is 0.694. The number of aryl methyl sites for hydroxylation is 1. The highest BCUT2D eigenvalue weighted by atomic mass is 32.2. The van der Waals surface area contributed by atoms with Crippen molar-refractivity contribution >= 4 is 21.6 Å². The Morgan fingerprint density at radius 2 is 1.77 bits per heavy atom. The molecule has 0 heterocycles. The number of benzene rings is 2. The molecule has 140 valence electrons. The van der Waals surface area contributed by atoms with Gasteiger partial charge in [-0.25, -0.2) is 8.42 Å². The number of rotatable bonds is 8. The molecule has 2 aromatic rings. The van der Waals surface area contributed by atoms with E-state index < -0.39 is 10.0 Å². The molecule has 6 nitrogen and oxygen atoms in total. The number of amides is 1. The topological polar surface area (TPSA) is 84.5 Å². The zero-order valence-electron chi connectivity index (χ0n) is 15.2. The lowest BCUT2D eigenvalue weighted by molar-refractivity contribution is 0.0948. The molecule has 0 saturated carbocycles. The molecule has 2 rings (SSSR count). The van der Waals surface area contributed by atoms with Crippen molar-refractivity contribution in [2.75, 3.05) is 25.0 Å². The van der Waals surface area contributed by atoms with E-state index in [2.05, 4.69) is 10.0 Å². The Balaban J connectivity index is 2.09. The number of hydrogen-bond acceptors (Lipinski definition) is 4. The molecule has 26 heavy (non-hydrogen) atoms. The molecule has 0 aliphatic heterocycles. The summed E-state index contributed by atoms with van der Waals surface area (Å²) in [6, 6.07) is 11.3. The molecule has 0 bridgehead atoms. The third kappa shape index (κ3) is 5.06. The predicted molar refractivity (Wildman–Crippen MR) is 102 cm³/mol. The van der Waals surface area contributed by atoms with Crippen LogP contribution in [0.3, 0.4) is 0 Å². The van der Waals surface area contributed by atoms with Crippen LogP contribution in [0.15, 0.2) is 47.4 Å². The Hall–Kier alpha value is -2.38. The molecule has 2 N–H and O–H groups in total. The van der Waals surface area contributed by atoms with Gasteiger partial charge >= 0.3 is 0 Å². The van der Waals surface area contributed by atoms with Crippen molar-refractivity contribution in [2.24, 2.45) is 0 Å². The molecule has 0 spiro atoms. The fourth-order valence-electron chi connectivity index (χ4n) is 2.37. The number of sulfonamides is 1. The van der Waals surface area contributed by atoms with E-state index in [1.54, 1.807) is 19.2 Å². The minimum absolute atomic E-state index is 0.106. The molecule has 0 atom stereocenters. The fourth-order valence-corrected chi connectivity index (χ4v) is 3.49. The highest BCUT2D eigenvalue weighted by Gasteiger charge is 2.16. The van der Waals surface area contributed by atoms with Gasteiger partial charge in [0.2, 0.25) is 0 Å². The molecular formula is C19H24N2O4S. The Morgan fingerprint density at radius 3 is 2.42 bits per heavy atom. The van der Waals surface area contributed by atoms with Crippen molar-refractivity contribution in [1.29, 1.82) is 0 Å². The summed E-state index contributed by atoms with van der Waals surface area (Å²) >= 11 is 0. The summed E-state index contributed by atoms with van der Waals surface area (Å²) in [7, 11) is -2.11. The Kier molecular flexibility index (Phi) is 6.76. The molecule has 7 heteroatoms. The maximum atomic E-state index is 12.6. The Morgan fingerprint density at radius 1 is 1.08 bits per heavy atom. The van der Waals surface area contributed by atoms with Crippen LogP contribution in [0.4, 0.5) is 5.69 Å². The van der Waals surface area contributed by atoms with E-state index in [1.165, 1.54) is 24.3 Å². The highest BCUT2D eigenvalue weighted by Crippen LogP contribution is 2.22. The lowest BCUT2D eigenvalue weighted by Crippen LogP contribution is -2.25. The largest absolute Gasteiger partial charge is 0.385 e. The summed E-state index contributed by atoms with van der Waals surface area (Å²) in [4.78, 5) is 12.1. The van der Waals surface area contributed by atoms with E-state index in [4.69, 9.17) is 4.74 Å². The zero-order valence-corrected chi connectivity index (χ0v) is 16.0. The summed E-state index contributed by atoms with van der Waals surface area (Å²) < 4.78 is 32.6. The van der Waals surface area contributed by atoms with Gasteiger partial charge < -0.3 is 10.1 Å². The molecule has 0 radical (unpaired) electrons. The first-order chi connectivity index (χ1) is 12.3. The maximum absolute atomic E-state index is 12.6. The minimum atomic E-state index is -3.72. The number of carbonyl (C=O) groups excluding carboxylic acids is 1. The van der Waals surface area contributed by atoms with E-state index in [1.807, 2.05) is 19.9 Å². The number of anilines is 1. The second-order valence-electron chi connectivity index (χ2n) is 5.98. The van der Waals surface area contributed by atoms with Gasteiger partial charge in [-0.05, 0) is 61.7 Å². The van der Waals surface area contributed by atoms with Crippen LogP contribution < -0.4 is 10.0 Å². The molecule has 1 amide bonds. The van der Waals surface area contributed by atoms with Crippen LogP contribution in [0, 0.1) is 13.8 Å². The molecule has 0 aliphatic carbocycles. The van der Waals surface area contributed by atoms with Crippen molar-refractivity contribution in [2.45, 2.75) is 25.2 Å². The summed E-state index contributed by atoms with van der Waals surface area (Å²) in [6.45, 7) is 4.86. The fraction of sp³-hybridized carbons (Fsp3) is 0.316. The van der Waals surface area contributed by atoms with Gasteiger partial charge in [0.25, 0.3) is 15.9 Å². The first kappa shape index (κ1) is 19.9. The maximum Gasteiger partial charge on any atom is 0.261 e. The first-order valence-electron chi connectivity index (χ1n) is 8.31. The average molecular weight is 376 g/mol. The van der Waals surface area contributed by atoms with E-state index in [-0.39, 0.29) is 10.8 Å². The van der Waals surface area contributed by atoms with Gasteiger partial charge in [-0.15, -0.1) is 0 Å². The first-order valence-corrected chi connectivity index (χ1v) is 9.79. The van der Waals surface area contributed by atoms with Crippen LogP contribution in [-0.4, -0.2) is 34.6 Å². The van der Waals surface area contributed by atoms with Gasteiger partial charge in [-0.1, -0.05) is 12.1 Å². The Bertz CT molecular complexity index is 862.